The zero-order valence-electron chi connectivity index (χ0n) is 9.67. The van der Waals surface area contributed by atoms with Gasteiger partial charge in [-0.3, -0.25) is 0 Å². The number of hydrogen-bond donors (Lipinski definition) is 1. The number of nitrogens with zero attached hydrogens (tertiary/aromatic N) is 2. The van der Waals surface area contributed by atoms with Crippen molar-refractivity contribution in [2.24, 2.45) is 5.73 Å². The Kier molecular flexibility index (Phi) is 3.72. The van der Waals surface area contributed by atoms with Gasteiger partial charge >= 0.3 is 0 Å². The monoisotopic (exact) mass is 233 g/mol. The molecule has 0 fully saturated rings. The topological polar surface area (TPSA) is 74.2 Å². The van der Waals surface area contributed by atoms with Crippen LogP contribution in [0, 0.1) is 0 Å². The van der Waals surface area contributed by atoms with Crippen molar-refractivity contribution in [1.29, 1.82) is 0 Å². The van der Waals surface area contributed by atoms with Crippen LogP contribution < -0.4 is 10.5 Å². The van der Waals surface area contributed by atoms with Gasteiger partial charge in [-0.2, -0.15) is 4.98 Å². The first kappa shape index (κ1) is 11.6. The third-order valence-corrected chi connectivity index (χ3v) is 2.21. The maximum Gasteiger partial charge on any atom is 0.243 e. The molecule has 0 radical (unpaired) electrons. The highest BCUT2D eigenvalue weighted by Crippen LogP contribution is 2.09. The Balaban J connectivity index is 1.82. The molecule has 0 bridgehead atoms. The van der Waals surface area contributed by atoms with E-state index in [1.165, 1.54) is 0 Å². The molecule has 2 rings (SSSR count). The van der Waals surface area contributed by atoms with Gasteiger partial charge < -0.3 is 15.0 Å². The van der Waals surface area contributed by atoms with Crippen LogP contribution in [0.15, 0.2) is 34.9 Å². The molecule has 0 aliphatic heterocycles. The van der Waals surface area contributed by atoms with Gasteiger partial charge in [-0.25, -0.2) is 0 Å². The Morgan fingerprint density at radius 3 is 2.76 bits per heavy atom. The van der Waals surface area contributed by atoms with E-state index in [9.17, 15) is 0 Å². The van der Waals surface area contributed by atoms with Gasteiger partial charge in [0.25, 0.3) is 0 Å². The number of rotatable bonds is 5. The maximum absolute atomic E-state index is 5.62. The number of aromatic nitrogens is 2. The summed E-state index contributed by atoms with van der Waals surface area (Å²) >= 11 is 0. The van der Waals surface area contributed by atoms with Gasteiger partial charge in [0, 0.05) is 6.42 Å². The lowest BCUT2D eigenvalue weighted by molar-refractivity contribution is 0.312. The molecule has 1 aromatic carbocycles. The summed E-state index contributed by atoms with van der Waals surface area (Å²) in [5.41, 5.74) is 5.62. The fourth-order valence-electron chi connectivity index (χ4n) is 1.33. The molecule has 0 aliphatic rings. The van der Waals surface area contributed by atoms with E-state index in [0.29, 0.717) is 24.7 Å². The average molecular weight is 233 g/mol. The van der Waals surface area contributed by atoms with E-state index in [1.54, 1.807) is 6.92 Å². The van der Waals surface area contributed by atoms with E-state index in [1.807, 2.05) is 30.3 Å². The largest absolute Gasteiger partial charge is 0.493 e. The summed E-state index contributed by atoms with van der Waals surface area (Å²) in [6, 6.07) is 9.38. The van der Waals surface area contributed by atoms with Crippen LogP contribution in [0.1, 0.15) is 24.7 Å². The Morgan fingerprint density at radius 1 is 1.35 bits per heavy atom. The van der Waals surface area contributed by atoms with E-state index in [0.717, 1.165) is 5.75 Å². The molecule has 0 spiro atoms. The van der Waals surface area contributed by atoms with Gasteiger partial charge in [0.15, 0.2) is 5.82 Å². The van der Waals surface area contributed by atoms with Gasteiger partial charge in [0.1, 0.15) is 5.75 Å². The van der Waals surface area contributed by atoms with Gasteiger partial charge in [0.2, 0.25) is 5.89 Å². The van der Waals surface area contributed by atoms with Gasteiger partial charge in [-0.15, -0.1) is 0 Å². The molecule has 5 nitrogen and oxygen atoms in total. The lowest BCUT2D eigenvalue weighted by Crippen LogP contribution is -2.06. The van der Waals surface area contributed by atoms with Crippen LogP contribution in [0.25, 0.3) is 0 Å². The van der Waals surface area contributed by atoms with Crippen molar-refractivity contribution < 1.29 is 9.26 Å². The molecule has 5 heteroatoms. The van der Waals surface area contributed by atoms with Gasteiger partial charge in [0.05, 0.1) is 12.6 Å². The van der Waals surface area contributed by atoms with E-state index < -0.39 is 0 Å². The van der Waals surface area contributed by atoms with E-state index in [-0.39, 0.29) is 6.04 Å². The van der Waals surface area contributed by atoms with E-state index in [2.05, 4.69) is 10.1 Å². The smallest absolute Gasteiger partial charge is 0.243 e. The van der Waals surface area contributed by atoms with Crippen molar-refractivity contribution in [2.45, 2.75) is 19.4 Å². The van der Waals surface area contributed by atoms with Crippen LogP contribution in [0.3, 0.4) is 0 Å². The van der Waals surface area contributed by atoms with Crippen LogP contribution in [-0.2, 0) is 6.42 Å². The minimum atomic E-state index is -0.230. The van der Waals surface area contributed by atoms with Crippen molar-refractivity contribution in [1.82, 2.24) is 10.1 Å². The van der Waals surface area contributed by atoms with E-state index >= 15 is 0 Å². The average Bonchev–Trinajstić information content (AvgIpc) is 2.79. The summed E-state index contributed by atoms with van der Waals surface area (Å²) in [6.07, 6.45) is 0.602. The predicted molar refractivity (Wildman–Crippen MR) is 62.5 cm³/mol. The quantitative estimate of drug-likeness (QED) is 0.851. The molecular weight excluding hydrogens is 218 g/mol. The molecule has 1 heterocycles. The summed E-state index contributed by atoms with van der Waals surface area (Å²) in [7, 11) is 0. The van der Waals surface area contributed by atoms with Crippen molar-refractivity contribution in [3.05, 3.63) is 42.0 Å². The summed E-state index contributed by atoms with van der Waals surface area (Å²) in [4.78, 5) is 4.16. The van der Waals surface area contributed by atoms with Crippen LogP contribution in [0.4, 0.5) is 0 Å². The third-order valence-electron chi connectivity index (χ3n) is 2.21. The molecule has 2 aromatic rings. The minimum absolute atomic E-state index is 0.230. The number of nitrogens with two attached hydrogens (primary N) is 1. The molecule has 0 saturated carbocycles. The second-order valence-corrected chi connectivity index (χ2v) is 3.75. The SMILES string of the molecule is C[C@@H](N)c1nc(CCOc2ccccc2)no1. The molecule has 0 saturated heterocycles. The van der Waals surface area contributed by atoms with Crippen LogP contribution in [0.2, 0.25) is 0 Å². The van der Waals surface area contributed by atoms with Crippen molar-refractivity contribution in [2.75, 3.05) is 6.61 Å². The van der Waals surface area contributed by atoms with Gasteiger partial charge in [-0.1, -0.05) is 23.4 Å². The lowest BCUT2D eigenvalue weighted by Gasteiger charge is -2.02. The van der Waals surface area contributed by atoms with Crippen LogP contribution >= 0.6 is 0 Å². The summed E-state index contributed by atoms with van der Waals surface area (Å²) < 4.78 is 10.5. The number of para-hydroxylation sites is 1. The second kappa shape index (κ2) is 5.45. The molecule has 17 heavy (non-hydrogen) atoms. The summed E-state index contributed by atoms with van der Waals surface area (Å²) in [5, 5.41) is 3.82. The first-order valence-electron chi connectivity index (χ1n) is 5.51. The van der Waals surface area contributed by atoms with E-state index in [4.69, 9.17) is 15.0 Å². The Labute approximate surface area is 99.6 Å². The predicted octanol–water partition coefficient (Wildman–Crippen LogP) is 1.71. The van der Waals surface area contributed by atoms with Crippen molar-refractivity contribution >= 4 is 0 Å². The normalized spacial score (nSPS) is 12.4. The molecule has 0 unspecified atom stereocenters. The summed E-state index contributed by atoms with van der Waals surface area (Å²) in [5.74, 6) is 1.91. The van der Waals surface area contributed by atoms with Crippen molar-refractivity contribution in [3.63, 3.8) is 0 Å². The Morgan fingerprint density at radius 2 is 2.12 bits per heavy atom. The molecule has 90 valence electrons. The fraction of sp³-hybridized carbons (Fsp3) is 0.333. The Bertz CT molecular complexity index is 454. The van der Waals surface area contributed by atoms with Crippen LogP contribution in [-0.4, -0.2) is 16.7 Å². The molecule has 0 aliphatic carbocycles. The molecule has 1 aromatic heterocycles. The second-order valence-electron chi connectivity index (χ2n) is 3.75. The third kappa shape index (κ3) is 3.29. The highest BCUT2D eigenvalue weighted by Gasteiger charge is 2.09. The van der Waals surface area contributed by atoms with Crippen LogP contribution in [0.5, 0.6) is 5.75 Å². The molecule has 1 atom stereocenters. The zero-order valence-corrected chi connectivity index (χ0v) is 9.67. The fourth-order valence-corrected chi connectivity index (χ4v) is 1.33. The number of benzene rings is 1. The first-order valence-corrected chi connectivity index (χ1v) is 5.51. The molecule has 2 N–H and O–H groups in total. The number of hydrogen-bond acceptors (Lipinski definition) is 5. The summed E-state index contributed by atoms with van der Waals surface area (Å²) in [6.45, 7) is 2.32. The van der Waals surface area contributed by atoms with Crippen molar-refractivity contribution in [3.8, 4) is 5.75 Å². The first-order chi connectivity index (χ1) is 8.25. The highest BCUT2D eigenvalue weighted by molar-refractivity contribution is 5.20. The minimum Gasteiger partial charge on any atom is -0.493 e. The maximum atomic E-state index is 5.62. The molecule has 0 amide bonds. The number of ether oxygens (including phenoxy) is 1. The lowest BCUT2D eigenvalue weighted by atomic mass is 10.3. The molecular formula is C12H15N3O2. The standard InChI is InChI=1S/C12H15N3O2/c1-9(13)12-14-11(15-17-12)7-8-16-10-5-3-2-4-6-10/h2-6,9H,7-8,13H2,1H3/t9-/m1/s1. The zero-order chi connectivity index (χ0) is 12.1. The Hall–Kier alpha value is -1.88. The van der Waals surface area contributed by atoms with Gasteiger partial charge in [-0.05, 0) is 19.1 Å². The highest BCUT2D eigenvalue weighted by atomic mass is 16.5.